The molecule has 2 aliphatic rings. The largest absolute Gasteiger partial charge is 0.339 e. The van der Waals surface area contributed by atoms with Gasteiger partial charge in [-0.25, -0.2) is 24.7 Å². The highest BCUT2D eigenvalue weighted by molar-refractivity contribution is 5.74. The molecule has 0 bridgehead atoms. The Labute approximate surface area is 165 Å². The number of aromatic nitrogens is 4. The Kier molecular flexibility index (Phi) is 5.64. The highest BCUT2D eigenvalue weighted by atomic mass is 16.2. The summed E-state index contributed by atoms with van der Waals surface area (Å²) in [4.78, 5) is 34.6. The number of urea groups is 1. The van der Waals surface area contributed by atoms with Crippen LogP contribution >= 0.6 is 0 Å². The van der Waals surface area contributed by atoms with Crippen LogP contribution in [-0.4, -0.2) is 57.0 Å². The number of hydrogen-bond donors (Lipinski definition) is 1. The van der Waals surface area contributed by atoms with Gasteiger partial charge >= 0.3 is 6.03 Å². The topological polar surface area (TPSA) is 87.1 Å². The van der Waals surface area contributed by atoms with Crippen molar-refractivity contribution in [2.45, 2.75) is 45.6 Å². The monoisotopic (exact) mass is 381 g/mol. The first-order valence-corrected chi connectivity index (χ1v) is 10.1. The number of carbonyl (C=O) groups excluding carboxylic acids is 1. The zero-order chi connectivity index (χ0) is 19.3. The summed E-state index contributed by atoms with van der Waals surface area (Å²) in [6.45, 7) is 5.36. The predicted octanol–water partition coefficient (Wildman–Crippen LogP) is 1.88. The van der Waals surface area contributed by atoms with Gasteiger partial charge in [0.05, 0.1) is 6.54 Å². The predicted molar refractivity (Wildman–Crippen MR) is 106 cm³/mol. The lowest BCUT2D eigenvalue weighted by Gasteiger charge is -2.22. The standard InChI is InChI=1S/C20H27N7O/c1-15-16-6-2-3-7-17(16)25-18(24-15)14-23-20(28)27-11-5-10-26(12-13-27)19-21-8-4-9-22-19/h4,8-9H,2-3,5-7,10-14H2,1H3,(H,23,28). The van der Waals surface area contributed by atoms with Gasteiger partial charge in [-0.2, -0.15) is 0 Å². The minimum Gasteiger partial charge on any atom is -0.339 e. The second kappa shape index (κ2) is 8.50. The fourth-order valence-corrected chi connectivity index (χ4v) is 3.96. The van der Waals surface area contributed by atoms with E-state index < -0.39 is 0 Å². The van der Waals surface area contributed by atoms with Crippen LogP contribution in [-0.2, 0) is 19.4 Å². The van der Waals surface area contributed by atoms with Gasteiger partial charge in [-0.05, 0) is 50.7 Å². The molecule has 1 aliphatic heterocycles. The van der Waals surface area contributed by atoms with E-state index in [2.05, 4.69) is 25.2 Å². The third-order valence-electron chi connectivity index (χ3n) is 5.45. The first kappa shape index (κ1) is 18.6. The van der Waals surface area contributed by atoms with Crippen molar-refractivity contribution in [3.8, 4) is 0 Å². The van der Waals surface area contributed by atoms with Gasteiger partial charge in [0, 0.05) is 50.0 Å². The summed E-state index contributed by atoms with van der Waals surface area (Å²) < 4.78 is 0. The third kappa shape index (κ3) is 4.21. The molecule has 148 valence electrons. The van der Waals surface area contributed by atoms with Gasteiger partial charge in [0.15, 0.2) is 0 Å². The maximum atomic E-state index is 12.7. The number of nitrogens with one attached hydrogen (secondary N) is 1. The number of aryl methyl sites for hydroxylation is 2. The van der Waals surface area contributed by atoms with E-state index in [0.717, 1.165) is 56.2 Å². The molecule has 1 fully saturated rings. The smallest absolute Gasteiger partial charge is 0.317 e. The van der Waals surface area contributed by atoms with Crippen LogP contribution in [0.2, 0.25) is 0 Å². The molecular weight excluding hydrogens is 354 g/mol. The van der Waals surface area contributed by atoms with E-state index in [1.165, 1.54) is 18.4 Å². The van der Waals surface area contributed by atoms with Crippen LogP contribution in [0.3, 0.4) is 0 Å². The van der Waals surface area contributed by atoms with E-state index in [1.54, 1.807) is 12.4 Å². The molecule has 0 spiro atoms. The van der Waals surface area contributed by atoms with Crippen LogP contribution in [0.5, 0.6) is 0 Å². The van der Waals surface area contributed by atoms with Gasteiger partial charge in [0.1, 0.15) is 5.82 Å². The summed E-state index contributed by atoms with van der Waals surface area (Å²) in [6.07, 6.45) is 8.88. The minimum absolute atomic E-state index is 0.0604. The van der Waals surface area contributed by atoms with Crippen molar-refractivity contribution in [3.05, 3.63) is 41.2 Å². The Balaban J connectivity index is 1.33. The summed E-state index contributed by atoms with van der Waals surface area (Å²) in [5, 5.41) is 3.00. The van der Waals surface area contributed by atoms with Gasteiger partial charge in [-0.15, -0.1) is 0 Å². The molecule has 1 N–H and O–H groups in total. The Bertz CT molecular complexity index is 827. The Morgan fingerprint density at radius 2 is 1.86 bits per heavy atom. The molecule has 2 aromatic rings. The average Bonchev–Trinajstić information content (AvgIpc) is 2.99. The van der Waals surface area contributed by atoms with Crippen molar-refractivity contribution in [1.82, 2.24) is 30.2 Å². The molecule has 0 saturated carbocycles. The van der Waals surface area contributed by atoms with Crippen molar-refractivity contribution in [3.63, 3.8) is 0 Å². The number of rotatable bonds is 3. The average molecular weight is 381 g/mol. The fraction of sp³-hybridized carbons (Fsp3) is 0.550. The maximum absolute atomic E-state index is 12.7. The zero-order valence-corrected chi connectivity index (χ0v) is 16.4. The molecule has 2 amide bonds. The summed E-state index contributed by atoms with van der Waals surface area (Å²) in [5.41, 5.74) is 3.52. The number of fused-ring (bicyclic) bond motifs is 1. The molecule has 0 aromatic carbocycles. The highest BCUT2D eigenvalue weighted by Crippen LogP contribution is 2.21. The molecule has 1 aliphatic carbocycles. The van der Waals surface area contributed by atoms with E-state index in [4.69, 9.17) is 4.98 Å². The van der Waals surface area contributed by atoms with Crippen LogP contribution in [0, 0.1) is 6.92 Å². The van der Waals surface area contributed by atoms with Crippen molar-refractivity contribution >= 4 is 12.0 Å². The van der Waals surface area contributed by atoms with Crippen LogP contribution in [0.4, 0.5) is 10.7 Å². The summed E-state index contributed by atoms with van der Waals surface area (Å²) in [6, 6.07) is 1.75. The second-order valence-corrected chi connectivity index (χ2v) is 7.39. The van der Waals surface area contributed by atoms with Crippen LogP contribution in [0.15, 0.2) is 18.5 Å². The van der Waals surface area contributed by atoms with Crippen molar-refractivity contribution in [2.24, 2.45) is 0 Å². The minimum atomic E-state index is -0.0604. The number of anilines is 1. The van der Waals surface area contributed by atoms with E-state index in [-0.39, 0.29) is 6.03 Å². The molecule has 4 rings (SSSR count). The normalized spacial score (nSPS) is 17.0. The molecule has 8 nitrogen and oxygen atoms in total. The third-order valence-corrected chi connectivity index (χ3v) is 5.45. The molecule has 8 heteroatoms. The highest BCUT2D eigenvalue weighted by Gasteiger charge is 2.21. The first-order valence-electron chi connectivity index (χ1n) is 10.1. The second-order valence-electron chi connectivity index (χ2n) is 7.39. The quantitative estimate of drug-likeness (QED) is 0.873. The van der Waals surface area contributed by atoms with Crippen LogP contribution < -0.4 is 10.2 Å². The first-order chi connectivity index (χ1) is 13.7. The lowest BCUT2D eigenvalue weighted by molar-refractivity contribution is 0.200. The van der Waals surface area contributed by atoms with Gasteiger partial charge in [-0.3, -0.25) is 0 Å². The SMILES string of the molecule is Cc1nc(CNC(=O)N2CCCN(c3ncccn3)CC2)nc2c1CCCC2. The zero-order valence-electron chi connectivity index (χ0n) is 16.4. The number of carbonyl (C=O) groups is 1. The van der Waals surface area contributed by atoms with Gasteiger partial charge in [-0.1, -0.05) is 0 Å². The summed E-state index contributed by atoms with van der Waals surface area (Å²) in [5.74, 6) is 1.43. The van der Waals surface area contributed by atoms with Crippen LogP contribution in [0.1, 0.15) is 42.0 Å². The van der Waals surface area contributed by atoms with Gasteiger partial charge in [0.25, 0.3) is 0 Å². The van der Waals surface area contributed by atoms with E-state index in [9.17, 15) is 4.79 Å². The van der Waals surface area contributed by atoms with Gasteiger partial charge < -0.3 is 15.1 Å². The van der Waals surface area contributed by atoms with Crippen LogP contribution in [0.25, 0.3) is 0 Å². The molecule has 0 radical (unpaired) electrons. The molecule has 2 aromatic heterocycles. The maximum Gasteiger partial charge on any atom is 0.317 e. The van der Waals surface area contributed by atoms with E-state index in [0.29, 0.717) is 18.9 Å². The molecule has 0 atom stereocenters. The molecule has 0 unspecified atom stereocenters. The van der Waals surface area contributed by atoms with E-state index in [1.807, 2.05) is 17.9 Å². The summed E-state index contributed by atoms with van der Waals surface area (Å²) in [7, 11) is 0. The lowest BCUT2D eigenvalue weighted by atomic mass is 9.95. The number of amides is 2. The Morgan fingerprint density at radius 1 is 1.04 bits per heavy atom. The molecule has 3 heterocycles. The number of hydrogen-bond acceptors (Lipinski definition) is 6. The lowest BCUT2D eigenvalue weighted by Crippen LogP contribution is -2.42. The summed E-state index contributed by atoms with van der Waals surface area (Å²) >= 11 is 0. The van der Waals surface area contributed by atoms with E-state index >= 15 is 0 Å². The Morgan fingerprint density at radius 3 is 2.71 bits per heavy atom. The van der Waals surface area contributed by atoms with Gasteiger partial charge in [0.2, 0.25) is 5.95 Å². The van der Waals surface area contributed by atoms with Crippen molar-refractivity contribution in [1.29, 1.82) is 0 Å². The molecular formula is C20H27N7O. The molecule has 28 heavy (non-hydrogen) atoms. The van der Waals surface area contributed by atoms with Crippen molar-refractivity contribution in [2.75, 3.05) is 31.1 Å². The fourth-order valence-electron chi connectivity index (χ4n) is 3.96. The molecule has 1 saturated heterocycles. The number of nitrogens with zero attached hydrogens (tertiary/aromatic N) is 6. The Hall–Kier alpha value is -2.77. The van der Waals surface area contributed by atoms with Crippen molar-refractivity contribution < 1.29 is 4.79 Å².